The smallest absolute Gasteiger partial charge is 0.373 e. The molecule has 0 radical (unpaired) electrons. The second kappa shape index (κ2) is 10.4. The van der Waals surface area contributed by atoms with Crippen LogP contribution in [0.5, 0.6) is 11.5 Å². The van der Waals surface area contributed by atoms with Gasteiger partial charge in [-0.05, 0) is 19.1 Å². The van der Waals surface area contributed by atoms with E-state index in [1.807, 2.05) is 0 Å². The Morgan fingerprint density at radius 3 is 2.36 bits per heavy atom. The van der Waals surface area contributed by atoms with Crippen molar-refractivity contribution in [1.29, 1.82) is 0 Å². The van der Waals surface area contributed by atoms with Crippen LogP contribution in [0.15, 0.2) is 67.2 Å². The van der Waals surface area contributed by atoms with Gasteiger partial charge in [0.2, 0.25) is 0 Å². The number of benzene rings is 2. The van der Waals surface area contributed by atoms with Crippen molar-refractivity contribution in [2.45, 2.75) is 13.0 Å². The molecular weight excluding hydrogens is 438 g/mol. The molecule has 170 valence electrons. The van der Waals surface area contributed by atoms with E-state index in [-0.39, 0.29) is 52.6 Å². The standard InChI is InChI=1S/C22H17FO7.CO2/c1-12-7-16(26)22-17(3-2-4-18(22)30-12)28-10-14(24)11-29-20-9-13(23)8-19-21(20)15(25)5-6-27-19;2-1-3/h2-9,14,24H,10-11H2,1H3;/i23-1;. The van der Waals surface area contributed by atoms with Gasteiger partial charge in [0.05, 0.1) is 6.26 Å². The summed E-state index contributed by atoms with van der Waals surface area (Å²) in [6, 6.07) is 9.59. The van der Waals surface area contributed by atoms with Gasteiger partial charge < -0.3 is 23.4 Å². The second-order valence-electron chi connectivity index (χ2n) is 6.77. The van der Waals surface area contributed by atoms with E-state index in [0.717, 1.165) is 12.1 Å². The second-order valence-corrected chi connectivity index (χ2v) is 6.77. The summed E-state index contributed by atoms with van der Waals surface area (Å²) in [5, 5.41) is 10.6. The number of rotatable bonds is 6. The minimum absolute atomic E-state index is 0.0420. The lowest BCUT2D eigenvalue weighted by Crippen LogP contribution is -2.25. The Hall–Kier alpha value is -4.27. The number of aliphatic hydroxyl groups excluding tert-OH is 1. The number of hydrogen-bond donors (Lipinski definition) is 1. The molecule has 0 spiro atoms. The number of ether oxygens (including phenoxy) is 2. The van der Waals surface area contributed by atoms with Crippen LogP contribution < -0.4 is 20.3 Å². The first-order chi connectivity index (χ1) is 15.8. The minimum atomic E-state index is -1.12. The van der Waals surface area contributed by atoms with Gasteiger partial charge in [-0.3, -0.25) is 9.59 Å². The number of hydrogen-bond acceptors (Lipinski definition) is 9. The van der Waals surface area contributed by atoms with Crippen LogP contribution in [0.1, 0.15) is 5.76 Å². The van der Waals surface area contributed by atoms with Gasteiger partial charge in [-0.2, -0.15) is 9.59 Å². The number of carbonyl (C=O) groups excluding carboxylic acids is 2. The van der Waals surface area contributed by atoms with Gasteiger partial charge in [0.1, 0.15) is 64.3 Å². The molecule has 4 rings (SSSR count). The largest absolute Gasteiger partial charge is 0.490 e. The molecule has 2 heterocycles. The first kappa shape index (κ1) is 23.4. The fourth-order valence-electron chi connectivity index (χ4n) is 3.10. The highest BCUT2D eigenvalue weighted by atomic mass is 18.2. The quantitative estimate of drug-likeness (QED) is 0.466. The Kier molecular flexibility index (Phi) is 7.34. The maximum absolute atomic E-state index is 13.8. The zero-order valence-corrected chi connectivity index (χ0v) is 17.2. The lowest BCUT2D eigenvalue weighted by molar-refractivity contribution is -0.191. The summed E-state index contributed by atoms with van der Waals surface area (Å²) in [7, 11) is 0. The van der Waals surface area contributed by atoms with Crippen LogP contribution in [0.4, 0.5) is 4.39 Å². The zero-order valence-electron chi connectivity index (χ0n) is 17.2. The van der Waals surface area contributed by atoms with Crippen LogP contribution in [-0.2, 0) is 9.59 Å². The monoisotopic (exact) mass is 455 g/mol. The number of halogens is 1. The van der Waals surface area contributed by atoms with Crippen molar-refractivity contribution < 1.29 is 37.4 Å². The molecule has 0 fully saturated rings. The fourth-order valence-corrected chi connectivity index (χ4v) is 3.10. The number of aryl methyl sites for hydroxylation is 1. The van der Waals surface area contributed by atoms with Crippen molar-refractivity contribution in [2.24, 2.45) is 0 Å². The molecule has 33 heavy (non-hydrogen) atoms. The van der Waals surface area contributed by atoms with Crippen molar-refractivity contribution in [1.82, 2.24) is 0 Å². The predicted molar refractivity (Wildman–Crippen MR) is 112 cm³/mol. The van der Waals surface area contributed by atoms with E-state index >= 15 is 0 Å². The number of aliphatic hydroxyl groups is 1. The molecule has 1 unspecified atom stereocenters. The molecule has 10 heteroatoms. The molecule has 2 aromatic heterocycles. The molecule has 0 aliphatic rings. The summed E-state index contributed by atoms with van der Waals surface area (Å²) in [6.45, 7) is 1.20. The fraction of sp³-hybridized carbons (Fsp3) is 0.174. The van der Waals surface area contributed by atoms with E-state index < -0.39 is 17.3 Å². The molecule has 1 N–H and O–H groups in total. The molecule has 0 aliphatic carbocycles. The lowest BCUT2D eigenvalue weighted by Gasteiger charge is -2.15. The van der Waals surface area contributed by atoms with Crippen molar-refractivity contribution in [3.63, 3.8) is 0 Å². The van der Waals surface area contributed by atoms with E-state index in [9.17, 15) is 19.1 Å². The van der Waals surface area contributed by atoms with Crippen LogP contribution in [0.2, 0.25) is 0 Å². The third-order valence-electron chi connectivity index (χ3n) is 4.39. The minimum Gasteiger partial charge on any atom is -0.490 e. The summed E-state index contributed by atoms with van der Waals surface area (Å²) in [5.74, 6) is 0.0528. The molecule has 0 amide bonds. The molecule has 1 atom stereocenters. The Bertz CT molecular complexity index is 1430. The summed E-state index contributed by atoms with van der Waals surface area (Å²) in [5.41, 5.74) is -0.231. The molecule has 9 nitrogen and oxygen atoms in total. The summed E-state index contributed by atoms with van der Waals surface area (Å²) in [4.78, 5) is 40.6. The van der Waals surface area contributed by atoms with Gasteiger partial charge in [-0.25, -0.2) is 4.39 Å². The first-order valence-corrected chi connectivity index (χ1v) is 9.51. The van der Waals surface area contributed by atoms with Gasteiger partial charge in [0.15, 0.2) is 10.9 Å². The Balaban J connectivity index is 0.000000968. The van der Waals surface area contributed by atoms with Crippen LogP contribution >= 0.6 is 0 Å². The zero-order chi connectivity index (χ0) is 24.0. The highest BCUT2D eigenvalue weighted by Crippen LogP contribution is 2.25. The Morgan fingerprint density at radius 2 is 1.64 bits per heavy atom. The van der Waals surface area contributed by atoms with Gasteiger partial charge in [-0.15, -0.1) is 0 Å². The first-order valence-electron chi connectivity index (χ1n) is 9.51. The van der Waals surface area contributed by atoms with E-state index in [0.29, 0.717) is 11.3 Å². The average Bonchev–Trinajstić information content (AvgIpc) is 2.76. The Labute approximate surface area is 184 Å². The van der Waals surface area contributed by atoms with Gasteiger partial charge >= 0.3 is 6.15 Å². The van der Waals surface area contributed by atoms with Crippen molar-refractivity contribution in [2.75, 3.05) is 13.2 Å². The molecular formula is C23H17FO9. The van der Waals surface area contributed by atoms with Crippen LogP contribution in [0.3, 0.4) is 0 Å². The molecule has 0 saturated carbocycles. The Morgan fingerprint density at radius 1 is 0.970 bits per heavy atom. The van der Waals surface area contributed by atoms with E-state index in [1.165, 1.54) is 18.4 Å². The normalized spacial score (nSPS) is 11.4. The lowest BCUT2D eigenvalue weighted by atomic mass is 10.2. The summed E-state index contributed by atoms with van der Waals surface area (Å²) >= 11 is 0. The highest BCUT2D eigenvalue weighted by Gasteiger charge is 2.15. The van der Waals surface area contributed by atoms with Crippen molar-refractivity contribution >= 4 is 28.1 Å². The van der Waals surface area contributed by atoms with Crippen LogP contribution in [-0.4, -0.2) is 30.6 Å². The topological polar surface area (TPSA) is 133 Å². The molecule has 0 bridgehead atoms. The maximum Gasteiger partial charge on any atom is 0.373 e. The van der Waals surface area contributed by atoms with Crippen LogP contribution in [0.25, 0.3) is 21.9 Å². The third kappa shape index (κ3) is 5.51. The number of fused-ring (bicyclic) bond motifs is 2. The third-order valence-corrected chi connectivity index (χ3v) is 4.39. The SMILES string of the molecule is Cc1cc(=O)c2c(OCC(O)COc3cc([18F])cc4occc(=O)c34)cccc2o1.O=C=O. The van der Waals surface area contributed by atoms with E-state index in [2.05, 4.69) is 0 Å². The summed E-state index contributed by atoms with van der Waals surface area (Å²) < 4.78 is 35.5. The van der Waals surface area contributed by atoms with Crippen molar-refractivity contribution in [3.8, 4) is 11.5 Å². The predicted octanol–water partition coefficient (Wildman–Crippen LogP) is 2.58. The van der Waals surface area contributed by atoms with E-state index in [1.54, 1.807) is 25.1 Å². The summed E-state index contributed by atoms with van der Waals surface area (Å²) in [6.07, 6.45) is 0.297. The molecule has 0 aliphatic heterocycles. The molecule has 0 saturated heterocycles. The highest BCUT2D eigenvalue weighted by molar-refractivity contribution is 5.84. The van der Waals surface area contributed by atoms with Gasteiger partial charge in [0, 0.05) is 24.3 Å². The average molecular weight is 455 g/mol. The molecule has 4 aromatic rings. The van der Waals surface area contributed by atoms with Gasteiger partial charge in [0.25, 0.3) is 0 Å². The van der Waals surface area contributed by atoms with Crippen LogP contribution in [0, 0.1) is 12.7 Å². The van der Waals surface area contributed by atoms with Crippen molar-refractivity contribution in [3.05, 3.63) is 80.8 Å². The van der Waals surface area contributed by atoms with E-state index in [4.69, 9.17) is 27.9 Å². The maximum atomic E-state index is 13.8. The molecule has 2 aromatic carbocycles. The van der Waals surface area contributed by atoms with Gasteiger partial charge in [-0.1, -0.05) is 6.07 Å².